The first-order valence-electron chi connectivity index (χ1n) is 9.14. The number of fused-ring (bicyclic) bond motifs is 1. The molecule has 0 radical (unpaired) electrons. The van der Waals surface area contributed by atoms with E-state index in [-0.39, 0.29) is 18.1 Å². The second-order valence-electron chi connectivity index (χ2n) is 7.08. The summed E-state index contributed by atoms with van der Waals surface area (Å²) >= 11 is 1.55. The van der Waals surface area contributed by atoms with Crippen LogP contribution in [0.4, 0.5) is 9.52 Å². The number of aryl methyl sites for hydroxylation is 1. The number of amides is 1. The maximum Gasteiger partial charge on any atom is 0.233 e. The number of thiazole rings is 1. The largest absolute Gasteiger partial charge is 0.340 e. The Balaban J connectivity index is 1.85. The molecular weight excluding hydrogens is 361 g/mol. The Kier molecular flexibility index (Phi) is 6.19. The molecule has 0 aliphatic carbocycles. The van der Waals surface area contributed by atoms with Crippen molar-refractivity contribution in [1.29, 1.82) is 0 Å². The van der Waals surface area contributed by atoms with Crippen LogP contribution in [0.25, 0.3) is 10.2 Å². The fraction of sp³-hybridized carbons (Fsp3) is 0.333. The van der Waals surface area contributed by atoms with Gasteiger partial charge in [-0.15, -0.1) is 0 Å². The molecule has 4 nitrogen and oxygen atoms in total. The Morgan fingerprint density at radius 1 is 1.19 bits per heavy atom. The van der Waals surface area contributed by atoms with E-state index in [0.29, 0.717) is 6.54 Å². The number of nitrogens with zero attached hydrogens (tertiary/aromatic N) is 2. The second-order valence-corrected chi connectivity index (χ2v) is 8.09. The zero-order valence-corrected chi connectivity index (χ0v) is 16.8. The molecule has 3 rings (SSSR count). The number of carbonyl (C=O) groups is 1. The molecule has 0 aliphatic heterocycles. The monoisotopic (exact) mass is 386 g/mol. The van der Waals surface area contributed by atoms with Crippen LogP contribution in [0.2, 0.25) is 0 Å². The van der Waals surface area contributed by atoms with Crippen LogP contribution in [0.3, 0.4) is 0 Å². The van der Waals surface area contributed by atoms with Gasteiger partial charge in [-0.1, -0.05) is 35.6 Å². The van der Waals surface area contributed by atoms with Gasteiger partial charge in [0.1, 0.15) is 5.82 Å². The molecule has 27 heavy (non-hydrogen) atoms. The molecule has 0 saturated carbocycles. The van der Waals surface area contributed by atoms with E-state index < -0.39 is 0 Å². The lowest BCUT2D eigenvalue weighted by Gasteiger charge is -2.20. The average Bonchev–Trinajstić information content (AvgIpc) is 3.05. The lowest BCUT2D eigenvalue weighted by Crippen LogP contribution is -3.05. The summed E-state index contributed by atoms with van der Waals surface area (Å²) in [4.78, 5) is 20.9. The number of quaternary nitrogens is 1. The normalized spacial score (nSPS) is 11.3. The number of aromatic nitrogens is 1. The zero-order chi connectivity index (χ0) is 19.4. The Labute approximate surface area is 163 Å². The molecule has 1 aromatic heterocycles. The van der Waals surface area contributed by atoms with Crippen LogP contribution >= 0.6 is 11.3 Å². The van der Waals surface area contributed by atoms with E-state index in [1.807, 2.05) is 25.1 Å². The summed E-state index contributed by atoms with van der Waals surface area (Å²) in [5.41, 5.74) is 2.87. The summed E-state index contributed by atoms with van der Waals surface area (Å²) in [5, 5.41) is 0.736. The van der Waals surface area contributed by atoms with Crippen LogP contribution in [-0.2, 0) is 11.2 Å². The van der Waals surface area contributed by atoms with E-state index in [2.05, 4.69) is 14.1 Å². The Morgan fingerprint density at radius 3 is 2.59 bits per heavy atom. The summed E-state index contributed by atoms with van der Waals surface area (Å²) in [5.74, 6) is -0.300. The molecule has 0 bridgehead atoms. The highest BCUT2D eigenvalue weighted by Crippen LogP contribution is 2.31. The first kappa shape index (κ1) is 19.5. The smallest absolute Gasteiger partial charge is 0.233 e. The van der Waals surface area contributed by atoms with E-state index >= 15 is 0 Å². The van der Waals surface area contributed by atoms with E-state index in [4.69, 9.17) is 4.98 Å². The summed E-state index contributed by atoms with van der Waals surface area (Å²) in [7, 11) is 4.21. The van der Waals surface area contributed by atoms with Gasteiger partial charge in [-0.3, -0.25) is 9.69 Å². The molecular formula is C21H25FN3OS+. The van der Waals surface area contributed by atoms with Crippen molar-refractivity contribution in [3.05, 3.63) is 59.4 Å². The first-order valence-corrected chi connectivity index (χ1v) is 9.95. The van der Waals surface area contributed by atoms with Crippen LogP contribution in [-0.4, -0.2) is 38.1 Å². The fourth-order valence-corrected chi connectivity index (χ4v) is 4.07. The number of hydrogen-bond donors (Lipinski definition) is 1. The van der Waals surface area contributed by atoms with E-state index in [9.17, 15) is 9.18 Å². The molecule has 1 amide bonds. The molecule has 0 spiro atoms. The van der Waals surface area contributed by atoms with Gasteiger partial charge < -0.3 is 4.90 Å². The zero-order valence-electron chi connectivity index (χ0n) is 16.0. The Hall–Kier alpha value is -2.31. The maximum absolute atomic E-state index is 13.1. The molecule has 3 aromatic rings. The quantitative estimate of drug-likeness (QED) is 0.678. The van der Waals surface area contributed by atoms with Crippen molar-refractivity contribution < 1.29 is 14.1 Å². The van der Waals surface area contributed by atoms with Crippen molar-refractivity contribution in [3.63, 3.8) is 0 Å². The number of halogens is 1. The molecule has 0 atom stereocenters. The van der Waals surface area contributed by atoms with Crippen LogP contribution < -0.4 is 9.80 Å². The number of nitrogens with one attached hydrogen (secondary N) is 1. The topological polar surface area (TPSA) is 37.6 Å². The number of anilines is 1. The Bertz CT molecular complexity index is 921. The molecule has 0 fully saturated rings. The molecule has 2 aromatic carbocycles. The number of para-hydroxylation sites is 1. The number of rotatable bonds is 7. The van der Waals surface area contributed by atoms with Crippen molar-refractivity contribution >= 4 is 32.6 Å². The summed E-state index contributed by atoms with van der Waals surface area (Å²) in [6.45, 7) is 3.64. The van der Waals surface area contributed by atoms with Gasteiger partial charge in [-0.05, 0) is 36.2 Å². The fourth-order valence-electron chi connectivity index (χ4n) is 2.98. The standard InChI is InChI=1S/C21H24FN3OS/c1-15-6-4-7-18-20(15)23-21(27-18)25(13-5-12-24(2)3)19(26)14-16-8-10-17(22)11-9-16/h4,6-11H,5,12-14H2,1-3H3/p+1. The van der Waals surface area contributed by atoms with Gasteiger partial charge in [0.05, 0.1) is 37.3 Å². The van der Waals surface area contributed by atoms with Crippen molar-refractivity contribution in [1.82, 2.24) is 4.98 Å². The third kappa shape index (κ3) is 4.90. The van der Waals surface area contributed by atoms with Crippen molar-refractivity contribution in [2.75, 3.05) is 32.1 Å². The van der Waals surface area contributed by atoms with Gasteiger partial charge in [0, 0.05) is 13.0 Å². The molecule has 0 unspecified atom stereocenters. The van der Waals surface area contributed by atoms with Crippen LogP contribution in [0.5, 0.6) is 0 Å². The highest BCUT2D eigenvalue weighted by molar-refractivity contribution is 7.22. The number of carbonyl (C=O) groups excluding carboxylic acids is 1. The minimum absolute atomic E-state index is 0.00734. The van der Waals surface area contributed by atoms with E-state index in [1.54, 1.807) is 28.4 Å². The summed E-state index contributed by atoms with van der Waals surface area (Å²) in [6.07, 6.45) is 1.14. The average molecular weight is 387 g/mol. The minimum Gasteiger partial charge on any atom is -0.340 e. The van der Waals surface area contributed by atoms with Gasteiger partial charge in [0.25, 0.3) is 0 Å². The molecule has 0 aliphatic rings. The first-order chi connectivity index (χ1) is 12.9. The number of hydrogen-bond acceptors (Lipinski definition) is 3. The highest BCUT2D eigenvalue weighted by Gasteiger charge is 2.20. The van der Waals surface area contributed by atoms with Crippen LogP contribution in [0.15, 0.2) is 42.5 Å². The predicted octanol–water partition coefficient (Wildman–Crippen LogP) is 2.85. The highest BCUT2D eigenvalue weighted by atomic mass is 32.1. The van der Waals surface area contributed by atoms with E-state index in [0.717, 1.165) is 39.4 Å². The van der Waals surface area contributed by atoms with Gasteiger partial charge in [-0.2, -0.15) is 0 Å². The molecule has 0 saturated heterocycles. The molecule has 6 heteroatoms. The van der Waals surface area contributed by atoms with Gasteiger partial charge in [-0.25, -0.2) is 9.37 Å². The lowest BCUT2D eigenvalue weighted by atomic mass is 10.1. The predicted molar refractivity (Wildman–Crippen MR) is 109 cm³/mol. The molecule has 1 heterocycles. The van der Waals surface area contributed by atoms with Gasteiger partial charge >= 0.3 is 0 Å². The lowest BCUT2D eigenvalue weighted by molar-refractivity contribution is -0.858. The summed E-state index contributed by atoms with van der Waals surface area (Å²) in [6, 6.07) is 12.2. The summed E-state index contributed by atoms with van der Waals surface area (Å²) < 4.78 is 14.2. The molecule has 142 valence electrons. The number of benzene rings is 2. The second kappa shape index (κ2) is 8.59. The Morgan fingerprint density at radius 2 is 1.93 bits per heavy atom. The van der Waals surface area contributed by atoms with Crippen molar-refractivity contribution in [3.8, 4) is 0 Å². The SMILES string of the molecule is Cc1cccc2sc(N(CCC[NH+](C)C)C(=O)Cc3ccc(F)cc3)nc12. The third-order valence-corrected chi connectivity index (χ3v) is 5.51. The van der Waals surface area contributed by atoms with Gasteiger partial charge in [0.2, 0.25) is 5.91 Å². The molecule has 1 N–H and O–H groups in total. The minimum atomic E-state index is -0.293. The van der Waals surface area contributed by atoms with Crippen molar-refractivity contribution in [2.24, 2.45) is 0 Å². The third-order valence-electron chi connectivity index (χ3n) is 4.47. The maximum atomic E-state index is 13.1. The van der Waals surface area contributed by atoms with Crippen molar-refractivity contribution in [2.45, 2.75) is 19.8 Å². The van der Waals surface area contributed by atoms with Crippen LogP contribution in [0.1, 0.15) is 17.5 Å². The van der Waals surface area contributed by atoms with Crippen LogP contribution in [0, 0.1) is 12.7 Å². The van der Waals surface area contributed by atoms with E-state index in [1.165, 1.54) is 17.0 Å². The van der Waals surface area contributed by atoms with Gasteiger partial charge in [0.15, 0.2) is 5.13 Å².